The van der Waals surface area contributed by atoms with Crippen LogP contribution in [0.25, 0.3) is 33.4 Å². The number of aromatic nitrogens is 2. The van der Waals surface area contributed by atoms with Crippen molar-refractivity contribution in [3.8, 4) is 17.1 Å². The van der Waals surface area contributed by atoms with E-state index in [4.69, 9.17) is 9.40 Å². The van der Waals surface area contributed by atoms with Crippen LogP contribution in [-0.4, -0.2) is 32.6 Å². The number of para-hydroxylation sites is 2. The third-order valence-electron chi connectivity index (χ3n) is 7.10. The number of hydrogen-bond donors (Lipinski definition) is 1. The van der Waals surface area contributed by atoms with E-state index in [0.29, 0.717) is 41.1 Å². The van der Waals surface area contributed by atoms with Gasteiger partial charge in [0, 0.05) is 19.5 Å². The fourth-order valence-corrected chi connectivity index (χ4v) is 5.21. The molecule has 34 heavy (non-hydrogen) atoms. The first kappa shape index (κ1) is 22.7. The number of hydrogen-bond acceptors (Lipinski definition) is 5. The van der Waals surface area contributed by atoms with E-state index in [9.17, 15) is 9.90 Å². The molecule has 1 N–H and O–H groups in total. The smallest absolute Gasteiger partial charge is 0.203 e. The lowest BCUT2D eigenvalue weighted by Gasteiger charge is -2.27. The average molecular weight is 460 g/mol. The number of rotatable bonds is 5. The topological polar surface area (TPSA) is 71.5 Å². The largest absolute Gasteiger partial charge is 0.507 e. The van der Waals surface area contributed by atoms with Crippen LogP contribution in [-0.2, 0) is 20.0 Å². The van der Waals surface area contributed by atoms with Crippen molar-refractivity contribution < 1.29 is 9.52 Å². The van der Waals surface area contributed by atoms with Gasteiger partial charge in [0.25, 0.3) is 0 Å². The Morgan fingerprint density at radius 3 is 2.56 bits per heavy atom. The molecule has 0 bridgehead atoms. The minimum atomic E-state index is -0.0852. The van der Waals surface area contributed by atoms with E-state index in [1.165, 1.54) is 6.42 Å². The maximum atomic E-state index is 14.1. The number of benzene rings is 2. The molecular formula is C28H33N3O3. The molecule has 5 rings (SSSR count). The summed E-state index contributed by atoms with van der Waals surface area (Å²) >= 11 is 0. The lowest BCUT2D eigenvalue weighted by molar-refractivity contribution is 0.218. The molecule has 0 saturated carbocycles. The third-order valence-corrected chi connectivity index (χ3v) is 7.10. The lowest BCUT2D eigenvalue weighted by atomic mass is 9.97. The number of piperidine rings is 1. The van der Waals surface area contributed by atoms with Crippen molar-refractivity contribution in [1.82, 2.24) is 14.5 Å². The van der Waals surface area contributed by atoms with E-state index in [2.05, 4.69) is 4.90 Å². The van der Waals surface area contributed by atoms with Crippen LogP contribution in [0, 0.1) is 0 Å². The van der Waals surface area contributed by atoms with E-state index in [1.807, 2.05) is 62.7 Å². The molecule has 6 heteroatoms. The number of phenolic OH excluding ortho intramolecular Hbond substituents is 1. The van der Waals surface area contributed by atoms with Crippen molar-refractivity contribution in [1.29, 1.82) is 0 Å². The van der Waals surface area contributed by atoms with Crippen LogP contribution >= 0.6 is 0 Å². The molecule has 0 atom stereocenters. The highest BCUT2D eigenvalue weighted by atomic mass is 16.3. The van der Waals surface area contributed by atoms with Gasteiger partial charge in [-0.2, -0.15) is 0 Å². The Hall–Kier alpha value is -3.12. The molecule has 178 valence electrons. The minimum absolute atomic E-state index is 0.0252. The molecule has 4 aromatic rings. The minimum Gasteiger partial charge on any atom is -0.507 e. The zero-order chi connectivity index (χ0) is 24.0. The van der Waals surface area contributed by atoms with Gasteiger partial charge in [-0.1, -0.05) is 39.3 Å². The van der Waals surface area contributed by atoms with Gasteiger partial charge in [0.05, 0.1) is 22.0 Å². The summed E-state index contributed by atoms with van der Waals surface area (Å²) in [6, 6.07) is 9.71. The van der Waals surface area contributed by atoms with E-state index in [-0.39, 0.29) is 17.1 Å². The molecule has 1 aliphatic rings. The molecular weight excluding hydrogens is 426 g/mol. The third kappa shape index (κ3) is 3.70. The summed E-state index contributed by atoms with van der Waals surface area (Å²) in [5.41, 5.74) is 4.26. The van der Waals surface area contributed by atoms with Crippen LogP contribution < -0.4 is 5.43 Å². The fraction of sp³-hybridized carbons (Fsp3) is 0.429. The number of likely N-dealkylation sites (tertiary alicyclic amines) is 1. The van der Waals surface area contributed by atoms with Gasteiger partial charge < -0.3 is 14.1 Å². The van der Waals surface area contributed by atoms with Gasteiger partial charge in [0.15, 0.2) is 0 Å². The second-order valence-electron chi connectivity index (χ2n) is 9.74. The summed E-state index contributed by atoms with van der Waals surface area (Å²) in [5, 5.41) is 11.7. The van der Waals surface area contributed by atoms with Gasteiger partial charge in [0.1, 0.15) is 28.5 Å². The Morgan fingerprint density at radius 2 is 1.88 bits per heavy atom. The van der Waals surface area contributed by atoms with Crippen LogP contribution in [0.15, 0.2) is 39.5 Å². The van der Waals surface area contributed by atoms with Crippen molar-refractivity contribution in [3.63, 3.8) is 0 Å². The second kappa shape index (κ2) is 8.91. The van der Waals surface area contributed by atoms with Crippen LogP contribution in [0.5, 0.6) is 5.75 Å². The summed E-state index contributed by atoms with van der Waals surface area (Å²) in [6.07, 6.45) is 4.20. The van der Waals surface area contributed by atoms with Crippen molar-refractivity contribution in [2.24, 2.45) is 7.05 Å². The van der Waals surface area contributed by atoms with Crippen molar-refractivity contribution >= 4 is 22.0 Å². The first-order chi connectivity index (χ1) is 16.4. The van der Waals surface area contributed by atoms with E-state index in [1.54, 1.807) is 0 Å². The normalized spacial score (nSPS) is 15.1. The molecule has 6 nitrogen and oxygen atoms in total. The monoisotopic (exact) mass is 459 g/mol. The molecule has 0 amide bonds. The van der Waals surface area contributed by atoms with Gasteiger partial charge >= 0.3 is 0 Å². The zero-order valence-electron chi connectivity index (χ0n) is 20.5. The van der Waals surface area contributed by atoms with Crippen molar-refractivity contribution in [2.75, 3.05) is 13.1 Å². The maximum absolute atomic E-state index is 14.1. The van der Waals surface area contributed by atoms with Gasteiger partial charge in [-0.3, -0.25) is 9.69 Å². The number of imidazole rings is 1. The molecule has 3 heterocycles. The number of nitrogens with zero attached hydrogens (tertiary/aromatic N) is 3. The Labute approximate surface area is 199 Å². The van der Waals surface area contributed by atoms with Gasteiger partial charge in [-0.15, -0.1) is 0 Å². The Bertz CT molecular complexity index is 1420. The Morgan fingerprint density at radius 1 is 1.15 bits per heavy atom. The van der Waals surface area contributed by atoms with Crippen molar-refractivity contribution in [3.05, 3.63) is 57.4 Å². The van der Waals surface area contributed by atoms with Gasteiger partial charge in [0.2, 0.25) is 5.43 Å². The first-order valence-electron chi connectivity index (χ1n) is 12.4. The van der Waals surface area contributed by atoms with E-state index in [0.717, 1.165) is 48.1 Å². The molecule has 0 radical (unpaired) electrons. The highest BCUT2D eigenvalue weighted by Gasteiger charge is 2.27. The maximum Gasteiger partial charge on any atom is 0.203 e. The predicted octanol–water partition coefficient (Wildman–Crippen LogP) is 5.72. The van der Waals surface area contributed by atoms with Crippen molar-refractivity contribution in [2.45, 2.75) is 58.9 Å². The summed E-state index contributed by atoms with van der Waals surface area (Å²) < 4.78 is 8.52. The molecule has 0 spiro atoms. The summed E-state index contributed by atoms with van der Waals surface area (Å²) in [7, 11) is 1.94. The number of aromatic hydroxyl groups is 1. The van der Waals surface area contributed by atoms with Gasteiger partial charge in [-0.25, -0.2) is 4.98 Å². The van der Waals surface area contributed by atoms with Crippen LogP contribution in [0.3, 0.4) is 0 Å². The van der Waals surface area contributed by atoms with Crippen LogP contribution in [0.2, 0.25) is 0 Å². The summed E-state index contributed by atoms with van der Waals surface area (Å²) in [5.74, 6) is 1.46. The standard InChI is InChI=1S/C28H33N3O3/c1-5-18-15-19-25(33)23(28-29-21-11-7-8-12-22(21)30(28)4)26(17(2)3)34-27(19)20(24(18)32)16-31-13-9-6-10-14-31/h7-8,11-12,15,17,32H,5-6,9-10,13-14,16H2,1-4H3. The summed E-state index contributed by atoms with van der Waals surface area (Å²) in [4.78, 5) is 21.3. The van der Waals surface area contributed by atoms with E-state index < -0.39 is 0 Å². The highest BCUT2D eigenvalue weighted by Crippen LogP contribution is 2.37. The first-order valence-corrected chi connectivity index (χ1v) is 12.4. The molecule has 0 unspecified atom stereocenters. The Balaban J connectivity index is 1.80. The SMILES string of the molecule is CCc1cc2c(=O)c(-c3nc4ccccc4n3C)c(C(C)C)oc2c(CN2CCCCC2)c1O. The molecule has 1 saturated heterocycles. The predicted molar refractivity (Wildman–Crippen MR) is 136 cm³/mol. The lowest BCUT2D eigenvalue weighted by Crippen LogP contribution is -2.29. The van der Waals surface area contributed by atoms with Gasteiger partial charge in [-0.05, 0) is 56.1 Å². The van der Waals surface area contributed by atoms with Crippen LogP contribution in [0.4, 0.5) is 0 Å². The molecule has 2 aromatic heterocycles. The van der Waals surface area contributed by atoms with E-state index >= 15 is 0 Å². The fourth-order valence-electron chi connectivity index (χ4n) is 5.21. The average Bonchev–Trinajstić information content (AvgIpc) is 3.17. The zero-order valence-corrected chi connectivity index (χ0v) is 20.5. The quantitative estimate of drug-likeness (QED) is 0.413. The van der Waals surface area contributed by atoms with Crippen LogP contribution in [0.1, 0.15) is 62.8 Å². The Kier molecular flexibility index (Phi) is 5.94. The highest BCUT2D eigenvalue weighted by molar-refractivity contribution is 5.89. The second-order valence-corrected chi connectivity index (χ2v) is 9.74. The summed E-state index contributed by atoms with van der Waals surface area (Å²) in [6.45, 7) is 8.64. The molecule has 1 fully saturated rings. The number of phenols is 1. The molecule has 0 aliphatic carbocycles. The molecule has 1 aliphatic heterocycles. The molecule has 2 aromatic carbocycles. The number of aryl methyl sites for hydroxylation is 2. The number of fused-ring (bicyclic) bond motifs is 2.